The topological polar surface area (TPSA) is 174 Å². The van der Waals surface area contributed by atoms with Gasteiger partial charge in [-0.15, -0.1) is 11.8 Å². The fourth-order valence-electron chi connectivity index (χ4n) is 6.11. The summed E-state index contributed by atoms with van der Waals surface area (Å²) in [6.07, 6.45) is -2.23. The summed E-state index contributed by atoms with van der Waals surface area (Å²) in [5, 5.41) is 18.5. The van der Waals surface area contributed by atoms with Gasteiger partial charge in [-0.2, -0.15) is 27.2 Å². The average molecular weight is 819 g/mol. The number of hydrogen-bond donors (Lipinski definition) is 2. The van der Waals surface area contributed by atoms with Crippen molar-refractivity contribution in [1.82, 2.24) is 15.0 Å². The Morgan fingerprint density at radius 1 is 1.14 bits per heavy atom. The molecule has 0 aliphatic carbocycles. The number of nitriles is 1. The number of aliphatic carboxylic acids is 1. The number of carboxylic acids is 1. The van der Waals surface area contributed by atoms with E-state index in [9.17, 15) is 28.0 Å². The molecule has 4 heterocycles. The lowest BCUT2D eigenvalue weighted by molar-refractivity contribution is -0.164. The Balaban J connectivity index is 1.80. The molecule has 2 aromatic heterocycles. The zero-order chi connectivity index (χ0) is 41.9. The molecule has 2 unspecified atom stereocenters. The molecule has 4 aromatic rings. The number of thioether (sulfide) groups is 1. The molecule has 0 amide bonds. The van der Waals surface area contributed by atoms with E-state index in [4.69, 9.17) is 30.0 Å². The molecule has 302 valence electrons. The maximum Gasteiger partial charge on any atom is 0.416 e. The molecule has 3 N–H and O–H groups in total. The minimum absolute atomic E-state index is 0.00186. The first kappa shape index (κ1) is 42.5. The molecule has 2 aliphatic heterocycles. The molecule has 0 saturated carbocycles. The summed E-state index contributed by atoms with van der Waals surface area (Å²) in [6, 6.07) is 10.3. The van der Waals surface area contributed by atoms with Gasteiger partial charge in [-0.1, -0.05) is 19.9 Å². The number of anilines is 1. The number of methoxy groups -OCH3 is 1. The number of carboxylic acid groups (broad SMARTS) is 1. The normalized spacial score (nSPS) is 16.3. The number of carbonyl (C=O) groups excluding carboxylic acids is 1. The van der Waals surface area contributed by atoms with Crippen LogP contribution in [0.2, 0.25) is 0 Å². The monoisotopic (exact) mass is 818 g/mol. The van der Waals surface area contributed by atoms with Crippen molar-refractivity contribution in [2.75, 3.05) is 24.9 Å². The van der Waals surface area contributed by atoms with E-state index < -0.39 is 65.4 Å². The molecule has 2 bridgehead atoms. The molecule has 2 aliphatic rings. The maximum absolute atomic E-state index is 16.5. The lowest BCUT2D eigenvalue weighted by atomic mass is 9.90. The van der Waals surface area contributed by atoms with Crippen LogP contribution in [0.5, 0.6) is 17.2 Å². The van der Waals surface area contributed by atoms with Gasteiger partial charge in [0.1, 0.15) is 17.2 Å². The van der Waals surface area contributed by atoms with Crippen LogP contribution in [0.3, 0.4) is 0 Å². The molecule has 0 fully saturated rings. The number of ether oxygens (including phenoxy) is 3. The Morgan fingerprint density at radius 3 is 2.44 bits per heavy atom. The van der Waals surface area contributed by atoms with Crippen LogP contribution in [-0.2, 0) is 28.7 Å². The zero-order valence-electron chi connectivity index (χ0n) is 30.9. The van der Waals surface area contributed by atoms with Crippen molar-refractivity contribution in [3.05, 3.63) is 88.4 Å². The summed E-state index contributed by atoms with van der Waals surface area (Å²) in [6.45, 7) is 2.88. The number of pyridine rings is 1. The Morgan fingerprint density at radius 2 is 1.84 bits per heavy atom. The van der Waals surface area contributed by atoms with Crippen molar-refractivity contribution in [2.24, 2.45) is 5.73 Å². The Kier molecular flexibility index (Phi) is 12.6. The number of fused-ring (bicyclic) bond motifs is 6. The molecule has 19 heteroatoms. The highest BCUT2D eigenvalue weighted by Gasteiger charge is 2.67. The molecule has 6 rings (SSSR count). The third-order valence-electron chi connectivity index (χ3n) is 9.04. The van der Waals surface area contributed by atoms with E-state index in [-0.39, 0.29) is 82.1 Å². The van der Waals surface area contributed by atoms with E-state index in [2.05, 4.69) is 9.97 Å². The lowest BCUT2D eigenvalue weighted by Gasteiger charge is -2.43. The third kappa shape index (κ3) is 8.71. The average Bonchev–Trinajstić information content (AvgIpc) is 3.25. The van der Waals surface area contributed by atoms with Crippen molar-refractivity contribution in [3.8, 4) is 34.6 Å². The van der Waals surface area contributed by atoms with Gasteiger partial charge in [-0.05, 0) is 66.1 Å². The summed E-state index contributed by atoms with van der Waals surface area (Å²) < 4.78 is 107. The second kappa shape index (κ2) is 16.9. The van der Waals surface area contributed by atoms with Crippen molar-refractivity contribution < 1.29 is 55.2 Å². The van der Waals surface area contributed by atoms with E-state index >= 15 is 13.2 Å². The van der Waals surface area contributed by atoms with Gasteiger partial charge in [0.05, 0.1) is 43.3 Å². The van der Waals surface area contributed by atoms with Crippen LogP contribution >= 0.6 is 11.8 Å². The number of aromatic nitrogens is 3. The quantitative estimate of drug-likeness (QED) is 0.0564. The van der Waals surface area contributed by atoms with Crippen molar-refractivity contribution in [3.63, 3.8) is 0 Å². The largest absolute Gasteiger partial charge is 0.494 e. The lowest BCUT2D eigenvalue weighted by Crippen LogP contribution is -2.75. The van der Waals surface area contributed by atoms with Gasteiger partial charge in [0, 0.05) is 36.2 Å². The highest BCUT2D eigenvalue weighted by Crippen LogP contribution is 2.47. The van der Waals surface area contributed by atoms with Crippen LogP contribution in [-0.4, -0.2) is 69.1 Å². The van der Waals surface area contributed by atoms with Crippen molar-refractivity contribution >= 4 is 29.6 Å². The van der Waals surface area contributed by atoms with Crippen LogP contribution in [0.25, 0.3) is 11.3 Å². The molecule has 12 nitrogen and oxygen atoms in total. The molecule has 2 aromatic carbocycles. The molecular formula is C38H36F6N6O6S. The second-order valence-electron chi connectivity index (χ2n) is 13.2. The van der Waals surface area contributed by atoms with Gasteiger partial charge in [-0.25, -0.2) is 24.1 Å². The minimum atomic E-state index is -4.86. The van der Waals surface area contributed by atoms with E-state index in [1.165, 1.54) is 25.3 Å². The number of nitrogens with zero attached hydrogens (tertiary/aromatic N) is 5. The van der Waals surface area contributed by atoms with Crippen molar-refractivity contribution in [1.29, 1.82) is 5.26 Å². The van der Waals surface area contributed by atoms with Gasteiger partial charge in [0.15, 0.2) is 5.75 Å². The first-order valence-corrected chi connectivity index (χ1v) is 18.5. The number of nitrogens with two attached hydrogens (primary N) is 1. The number of carbonyl (C=O) groups is 2. The third-order valence-corrected chi connectivity index (χ3v) is 9.75. The summed E-state index contributed by atoms with van der Waals surface area (Å²) in [7, 11) is 1.34. The fourth-order valence-corrected chi connectivity index (χ4v) is 6.59. The van der Waals surface area contributed by atoms with Gasteiger partial charge < -0.3 is 24.2 Å². The van der Waals surface area contributed by atoms with Gasteiger partial charge in [0.25, 0.3) is 5.66 Å². The Hall–Kier alpha value is -5.61. The number of halogens is 6. The standard InChI is InChI=1S/C38H36F6N6O6S/c1-20(2)27-8-10-29(54-3)32(49-27)31-23-7-9-28(26(31)15-21-12-22(16-45)14-24(13-21)38(42,43)44)56-34(53)37(46,36(40,41)33(39)57-4)50(19-23)35-47-17-25(18-48-35)55-11-5-6-30(51)52/h7-10,12-14,17-18,20,33H,5-6,11,15,19,46H2,1-4H3,(H,51,52). The molecule has 2 atom stereocenters. The number of hydrogen-bond acceptors (Lipinski definition) is 12. The molecule has 57 heavy (non-hydrogen) atoms. The van der Waals surface area contributed by atoms with Gasteiger partial charge in [-0.3, -0.25) is 10.5 Å². The van der Waals surface area contributed by atoms with Crippen LogP contribution in [0, 0.1) is 11.3 Å². The van der Waals surface area contributed by atoms with Crippen LogP contribution < -0.4 is 24.8 Å². The fraction of sp³-hybridized carbons (Fsp3) is 0.368. The highest BCUT2D eigenvalue weighted by atomic mass is 32.2. The maximum atomic E-state index is 16.5. The highest BCUT2D eigenvalue weighted by molar-refractivity contribution is 7.99. The second-order valence-corrected chi connectivity index (χ2v) is 14.1. The summed E-state index contributed by atoms with van der Waals surface area (Å²) in [5.41, 5.74) is -1.10. The van der Waals surface area contributed by atoms with Gasteiger partial charge >= 0.3 is 24.0 Å². The van der Waals surface area contributed by atoms with Crippen LogP contribution in [0.4, 0.5) is 32.3 Å². The number of esters is 1. The van der Waals surface area contributed by atoms with Gasteiger partial charge in [0.2, 0.25) is 11.5 Å². The van der Waals surface area contributed by atoms with Crippen molar-refractivity contribution in [2.45, 2.75) is 68.8 Å². The predicted molar refractivity (Wildman–Crippen MR) is 196 cm³/mol. The Labute approximate surface area is 327 Å². The van der Waals surface area contributed by atoms with E-state index in [0.29, 0.717) is 16.7 Å². The zero-order valence-corrected chi connectivity index (χ0v) is 31.7. The number of rotatable bonds is 14. The summed E-state index contributed by atoms with van der Waals surface area (Å²) in [5.74, 6) is -8.69. The molecular weight excluding hydrogens is 783 g/mol. The minimum Gasteiger partial charge on any atom is -0.494 e. The van der Waals surface area contributed by atoms with E-state index in [1.54, 1.807) is 18.2 Å². The van der Waals surface area contributed by atoms with E-state index in [1.807, 2.05) is 13.8 Å². The first-order valence-electron chi connectivity index (χ1n) is 17.2. The molecule has 0 radical (unpaired) electrons. The summed E-state index contributed by atoms with van der Waals surface area (Å²) >= 11 is 0.0708. The van der Waals surface area contributed by atoms with Crippen LogP contribution in [0.1, 0.15) is 66.1 Å². The molecule has 0 saturated heterocycles. The number of alkyl halides is 6. The predicted octanol–water partition coefficient (Wildman–Crippen LogP) is 7.27. The SMILES string of the molecule is COc1ccc(C(C)C)nc1-c1c2ccc(c1Cc1cc(C#N)cc(C(F)(F)F)c1)OC(=O)C(N)(C(F)(F)C(F)SC)N(c1ncc(OCCCC(=O)O)cn1)C2. The number of benzene rings is 2. The Bertz CT molecular complexity index is 2190. The molecule has 0 spiro atoms. The smallest absolute Gasteiger partial charge is 0.416 e. The van der Waals surface area contributed by atoms with E-state index in [0.717, 1.165) is 24.7 Å². The van der Waals surface area contributed by atoms with Crippen LogP contribution in [0.15, 0.2) is 54.9 Å². The first-order chi connectivity index (χ1) is 26.8. The summed E-state index contributed by atoms with van der Waals surface area (Å²) in [4.78, 5) is 38.8.